The lowest BCUT2D eigenvalue weighted by atomic mass is 10.1. The van der Waals surface area contributed by atoms with Crippen molar-refractivity contribution < 1.29 is 14.3 Å². The van der Waals surface area contributed by atoms with Crippen molar-refractivity contribution in [2.75, 3.05) is 13.2 Å². The van der Waals surface area contributed by atoms with Gasteiger partial charge in [-0.15, -0.1) is 0 Å². The van der Waals surface area contributed by atoms with E-state index < -0.39 is 5.97 Å². The first-order valence-electron chi connectivity index (χ1n) is 7.27. The van der Waals surface area contributed by atoms with Gasteiger partial charge in [0.25, 0.3) is 5.91 Å². The number of fused-ring (bicyclic) bond motifs is 1. The molecule has 0 saturated heterocycles. The van der Waals surface area contributed by atoms with Gasteiger partial charge < -0.3 is 10.1 Å². The summed E-state index contributed by atoms with van der Waals surface area (Å²) in [5.74, 6) is -0.454. The maximum absolute atomic E-state index is 12.2. The van der Waals surface area contributed by atoms with Crippen LogP contribution in [0.15, 0.2) is 30.3 Å². The summed E-state index contributed by atoms with van der Waals surface area (Å²) in [5.41, 5.74) is 1.90. The van der Waals surface area contributed by atoms with E-state index in [1.165, 1.54) is 0 Å². The Morgan fingerprint density at radius 1 is 1.27 bits per heavy atom. The molecule has 5 heteroatoms. The molecule has 0 fully saturated rings. The quantitative estimate of drug-likeness (QED) is 0.861. The topological polar surface area (TPSA) is 68.3 Å². The number of nitrogens with zero attached hydrogens (tertiary/aromatic N) is 1. The molecule has 0 aliphatic carbocycles. The van der Waals surface area contributed by atoms with Crippen LogP contribution in [0.4, 0.5) is 0 Å². The zero-order valence-corrected chi connectivity index (χ0v) is 13.1. The van der Waals surface area contributed by atoms with Crippen LogP contribution in [0.3, 0.4) is 0 Å². The molecule has 0 spiro atoms. The van der Waals surface area contributed by atoms with Crippen molar-refractivity contribution in [3.05, 3.63) is 41.6 Å². The molecule has 0 bridgehead atoms. The fourth-order valence-electron chi connectivity index (χ4n) is 2.05. The molecule has 5 nitrogen and oxygen atoms in total. The van der Waals surface area contributed by atoms with Crippen molar-refractivity contribution in [2.45, 2.75) is 20.8 Å². The highest BCUT2D eigenvalue weighted by molar-refractivity contribution is 6.04. The van der Waals surface area contributed by atoms with Crippen LogP contribution in [0.25, 0.3) is 10.9 Å². The highest BCUT2D eigenvalue weighted by Crippen LogP contribution is 2.18. The largest absolute Gasteiger partial charge is 0.452 e. The molecule has 116 valence electrons. The highest BCUT2D eigenvalue weighted by Gasteiger charge is 2.14. The number of carbonyl (C=O) groups is 2. The lowest BCUT2D eigenvalue weighted by Gasteiger charge is -2.10. The van der Waals surface area contributed by atoms with Gasteiger partial charge >= 0.3 is 5.97 Å². The normalized spacial score (nSPS) is 10.7. The molecular formula is C17H20N2O3. The molecule has 22 heavy (non-hydrogen) atoms. The number of carbonyl (C=O) groups excluding carboxylic acids is 2. The number of esters is 1. The zero-order valence-electron chi connectivity index (χ0n) is 13.1. The molecule has 1 heterocycles. The van der Waals surface area contributed by atoms with Gasteiger partial charge in [-0.1, -0.05) is 32.0 Å². The average Bonchev–Trinajstić information content (AvgIpc) is 2.49. The fraction of sp³-hybridized carbons (Fsp3) is 0.353. The van der Waals surface area contributed by atoms with Crippen LogP contribution < -0.4 is 5.32 Å². The monoisotopic (exact) mass is 300 g/mol. The molecule has 1 amide bonds. The molecule has 0 aliphatic heterocycles. The molecule has 0 unspecified atom stereocenters. The van der Waals surface area contributed by atoms with Gasteiger partial charge in [0.05, 0.1) is 11.1 Å². The molecule has 1 N–H and O–H groups in total. The Labute approximate surface area is 129 Å². The first kappa shape index (κ1) is 15.9. The Morgan fingerprint density at radius 2 is 2.00 bits per heavy atom. The number of aryl methyl sites for hydroxylation is 1. The van der Waals surface area contributed by atoms with Crippen molar-refractivity contribution in [3.63, 3.8) is 0 Å². The molecule has 1 aromatic heterocycles. The van der Waals surface area contributed by atoms with Crippen LogP contribution in [-0.2, 0) is 9.53 Å². The number of benzene rings is 1. The molecule has 0 saturated carbocycles. The van der Waals surface area contributed by atoms with Crippen LogP contribution in [0, 0.1) is 12.8 Å². The summed E-state index contributed by atoms with van der Waals surface area (Å²) < 4.78 is 5.11. The zero-order chi connectivity index (χ0) is 16.1. The van der Waals surface area contributed by atoms with Gasteiger partial charge in [0, 0.05) is 17.6 Å². The van der Waals surface area contributed by atoms with Crippen molar-refractivity contribution in [2.24, 2.45) is 5.92 Å². The third-order valence-electron chi connectivity index (χ3n) is 3.11. The molecule has 0 atom stereocenters. The summed E-state index contributed by atoms with van der Waals surface area (Å²) in [7, 11) is 0. The molecule has 2 aromatic rings. The fourth-order valence-corrected chi connectivity index (χ4v) is 2.05. The Kier molecular flexibility index (Phi) is 5.09. The number of hydrogen-bond acceptors (Lipinski definition) is 4. The molecule has 0 radical (unpaired) electrons. The number of aromatic nitrogens is 1. The van der Waals surface area contributed by atoms with E-state index in [1.807, 2.05) is 45.0 Å². The van der Waals surface area contributed by atoms with Gasteiger partial charge in [-0.3, -0.25) is 9.78 Å². The van der Waals surface area contributed by atoms with Gasteiger partial charge in [0.1, 0.15) is 0 Å². The van der Waals surface area contributed by atoms with Crippen molar-refractivity contribution in [1.29, 1.82) is 0 Å². The smallest absolute Gasteiger partial charge is 0.339 e. The second-order valence-electron chi connectivity index (χ2n) is 5.60. The van der Waals surface area contributed by atoms with E-state index in [0.29, 0.717) is 18.0 Å². The second-order valence-corrected chi connectivity index (χ2v) is 5.60. The minimum absolute atomic E-state index is 0.277. The maximum atomic E-state index is 12.2. The lowest BCUT2D eigenvalue weighted by molar-refractivity contribution is -0.124. The van der Waals surface area contributed by atoms with Gasteiger partial charge in [-0.25, -0.2) is 4.79 Å². The van der Waals surface area contributed by atoms with E-state index in [0.717, 1.165) is 16.6 Å². The predicted octanol–water partition coefficient (Wildman–Crippen LogP) is 2.47. The Hall–Kier alpha value is -2.43. The minimum atomic E-state index is -0.513. The third-order valence-corrected chi connectivity index (χ3v) is 3.11. The maximum Gasteiger partial charge on any atom is 0.339 e. The van der Waals surface area contributed by atoms with Crippen LogP contribution in [0.2, 0.25) is 0 Å². The number of para-hydroxylation sites is 1. The first-order chi connectivity index (χ1) is 10.5. The highest BCUT2D eigenvalue weighted by atomic mass is 16.5. The van der Waals surface area contributed by atoms with Gasteiger partial charge in [0.2, 0.25) is 0 Å². The summed E-state index contributed by atoms with van der Waals surface area (Å²) in [6.07, 6.45) is 0. The SMILES string of the molecule is Cc1cc(C(=O)OCC(=O)NCC(C)C)c2ccccc2n1. The number of amides is 1. The molecule has 1 aromatic carbocycles. The van der Waals surface area contributed by atoms with E-state index in [2.05, 4.69) is 10.3 Å². The van der Waals surface area contributed by atoms with E-state index in [9.17, 15) is 9.59 Å². The number of ether oxygens (including phenoxy) is 1. The second kappa shape index (κ2) is 7.02. The van der Waals surface area contributed by atoms with Gasteiger partial charge in [-0.05, 0) is 25.0 Å². The lowest BCUT2D eigenvalue weighted by Crippen LogP contribution is -2.31. The van der Waals surface area contributed by atoms with Crippen molar-refractivity contribution >= 4 is 22.8 Å². The molecular weight excluding hydrogens is 280 g/mol. The van der Waals surface area contributed by atoms with Gasteiger partial charge in [0.15, 0.2) is 6.61 Å². The predicted molar refractivity (Wildman–Crippen MR) is 84.6 cm³/mol. The summed E-state index contributed by atoms with van der Waals surface area (Å²) in [6.45, 7) is 6.10. The van der Waals surface area contributed by atoms with Crippen LogP contribution in [0.1, 0.15) is 29.9 Å². The van der Waals surface area contributed by atoms with E-state index >= 15 is 0 Å². The number of pyridine rings is 1. The van der Waals surface area contributed by atoms with Crippen LogP contribution >= 0.6 is 0 Å². The van der Waals surface area contributed by atoms with E-state index in [4.69, 9.17) is 4.74 Å². The summed E-state index contributed by atoms with van der Waals surface area (Å²) in [4.78, 5) is 28.2. The Balaban J connectivity index is 2.08. The molecule has 0 aliphatic rings. The first-order valence-corrected chi connectivity index (χ1v) is 7.27. The number of nitrogens with one attached hydrogen (secondary N) is 1. The van der Waals surface area contributed by atoms with Crippen LogP contribution in [0.5, 0.6) is 0 Å². The average molecular weight is 300 g/mol. The Bertz CT molecular complexity index is 695. The third kappa shape index (κ3) is 4.04. The standard InChI is InChI=1S/C17H20N2O3/c1-11(2)9-18-16(20)10-22-17(21)14-8-12(3)19-15-7-5-4-6-13(14)15/h4-8,11H,9-10H2,1-3H3,(H,18,20). The number of hydrogen-bond donors (Lipinski definition) is 1. The van der Waals surface area contributed by atoms with E-state index in [1.54, 1.807) is 6.07 Å². The summed E-state index contributed by atoms with van der Waals surface area (Å²) >= 11 is 0. The van der Waals surface area contributed by atoms with E-state index in [-0.39, 0.29) is 12.5 Å². The minimum Gasteiger partial charge on any atom is -0.452 e. The van der Waals surface area contributed by atoms with Crippen molar-refractivity contribution in [1.82, 2.24) is 10.3 Å². The summed E-state index contributed by atoms with van der Waals surface area (Å²) in [5, 5.41) is 3.43. The van der Waals surface area contributed by atoms with Crippen molar-refractivity contribution in [3.8, 4) is 0 Å². The molecule has 2 rings (SSSR count). The Morgan fingerprint density at radius 3 is 2.73 bits per heavy atom. The van der Waals surface area contributed by atoms with Gasteiger partial charge in [-0.2, -0.15) is 0 Å². The number of rotatable bonds is 5. The summed E-state index contributed by atoms with van der Waals surface area (Å²) in [6, 6.07) is 9.04. The van der Waals surface area contributed by atoms with Crippen LogP contribution in [-0.4, -0.2) is 30.0 Å².